The van der Waals surface area contributed by atoms with Crippen LogP contribution in [0.2, 0.25) is 0 Å². The molecule has 0 radical (unpaired) electrons. The second-order valence-electron chi connectivity index (χ2n) is 7.13. The summed E-state index contributed by atoms with van der Waals surface area (Å²) in [4.78, 5) is 21.2. The molecular weight excluding hydrogens is 314 g/mol. The highest BCUT2D eigenvalue weighted by molar-refractivity contribution is 5.87. The van der Waals surface area contributed by atoms with E-state index in [4.69, 9.17) is 4.74 Å². The number of benzene rings is 1. The van der Waals surface area contributed by atoms with Crippen molar-refractivity contribution in [2.24, 2.45) is 5.92 Å². The third kappa shape index (κ3) is 4.86. The van der Waals surface area contributed by atoms with E-state index in [1.54, 1.807) is 19.5 Å². The molecule has 0 atom stereocenters. The lowest BCUT2D eigenvalue weighted by Gasteiger charge is -2.25. The molecule has 5 nitrogen and oxygen atoms in total. The van der Waals surface area contributed by atoms with Gasteiger partial charge >= 0.3 is 0 Å². The highest BCUT2D eigenvalue weighted by atomic mass is 16.5. The van der Waals surface area contributed by atoms with E-state index in [9.17, 15) is 4.79 Å². The zero-order valence-electron chi connectivity index (χ0n) is 15.7. The number of hydrogen-bond donors (Lipinski definition) is 1. The number of hydrogen-bond acceptors (Lipinski definition) is 4. The van der Waals surface area contributed by atoms with Crippen LogP contribution >= 0.6 is 0 Å². The summed E-state index contributed by atoms with van der Waals surface area (Å²) in [5, 5.41) is 3.01. The predicted octanol–water partition coefficient (Wildman–Crippen LogP) is 3.34. The van der Waals surface area contributed by atoms with E-state index in [0.717, 1.165) is 22.5 Å². The summed E-state index contributed by atoms with van der Waals surface area (Å²) in [5.74, 6) is 0.468. The number of aromatic nitrogens is 2. The van der Waals surface area contributed by atoms with Crippen LogP contribution in [-0.2, 0) is 21.6 Å². The number of nitrogens with zero attached hydrogens (tertiary/aromatic N) is 2. The number of amides is 1. The van der Waals surface area contributed by atoms with Crippen molar-refractivity contribution in [3.63, 3.8) is 0 Å². The average molecular weight is 341 g/mol. The topological polar surface area (TPSA) is 64.1 Å². The van der Waals surface area contributed by atoms with Crippen LogP contribution in [0.1, 0.15) is 39.0 Å². The smallest absolute Gasteiger partial charge is 0.230 e. The van der Waals surface area contributed by atoms with E-state index in [-0.39, 0.29) is 5.91 Å². The number of rotatable bonds is 7. The van der Waals surface area contributed by atoms with Crippen LogP contribution < -0.4 is 5.32 Å². The molecule has 1 amide bonds. The Morgan fingerprint density at radius 3 is 2.48 bits per heavy atom. The number of ether oxygens (including phenoxy) is 1. The number of methoxy groups -OCH3 is 1. The molecule has 1 heterocycles. The van der Waals surface area contributed by atoms with Gasteiger partial charge in [-0.25, -0.2) is 4.98 Å². The molecule has 134 valence electrons. The first-order valence-corrected chi connectivity index (χ1v) is 8.53. The van der Waals surface area contributed by atoms with Gasteiger partial charge in [0.15, 0.2) is 0 Å². The van der Waals surface area contributed by atoms with Crippen molar-refractivity contribution in [2.45, 2.75) is 39.7 Å². The van der Waals surface area contributed by atoms with Crippen LogP contribution in [0.15, 0.2) is 36.7 Å². The molecule has 1 N–H and O–H groups in total. The maximum Gasteiger partial charge on any atom is 0.230 e. The van der Waals surface area contributed by atoms with Crippen molar-refractivity contribution >= 4 is 5.91 Å². The maximum atomic E-state index is 12.5. The van der Waals surface area contributed by atoms with Gasteiger partial charge in [0.05, 0.1) is 35.8 Å². The molecule has 2 rings (SSSR count). The third-order valence-electron chi connectivity index (χ3n) is 4.12. The number of nitrogens with one attached hydrogen (secondary N) is 1. The lowest BCUT2D eigenvalue weighted by Crippen LogP contribution is -2.41. The fraction of sp³-hybridized carbons (Fsp3) is 0.450. The zero-order valence-corrected chi connectivity index (χ0v) is 15.7. The first-order chi connectivity index (χ1) is 11.8. The van der Waals surface area contributed by atoms with Crippen molar-refractivity contribution in [2.75, 3.05) is 13.7 Å². The molecule has 5 heteroatoms. The van der Waals surface area contributed by atoms with E-state index in [2.05, 4.69) is 29.1 Å². The van der Waals surface area contributed by atoms with Crippen molar-refractivity contribution in [3.8, 4) is 11.3 Å². The van der Waals surface area contributed by atoms with Crippen molar-refractivity contribution in [3.05, 3.63) is 47.9 Å². The van der Waals surface area contributed by atoms with E-state index >= 15 is 0 Å². The molecule has 2 aromatic rings. The summed E-state index contributed by atoms with van der Waals surface area (Å²) in [6, 6.07) is 7.92. The Morgan fingerprint density at radius 1 is 1.20 bits per heavy atom. The van der Waals surface area contributed by atoms with Gasteiger partial charge in [0.1, 0.15) is 0 Å². The van der Waals surface area contributed by atoms with Crippen LogP contribution in [-0.4, -0.2) is 29.5 Å². The quantitative estimate of drug-likeness (QED) is 0.839. The highest BCUT2D eigenvalue weighted by Crippen LogP contribution is 2.26. The van der Waals surface area contributed by atoms with Crippen LogP contribution in [0.3, 0.4) is 0 Å². The standard InChI is InChI=1S/C20H27N3O2/c1-14(2)10-22-19(24)20(3,4)16-8-6-15(7-9-16)18-12-21-11-17(23-18)13-25-5/h6-9,11-12,14H,10,13H2,1-5H3,(H,22,24). The molecule has 1 aromatic heterocycles. The maximum absolute atomic E-state index is 12.5. The lowest BCUT2D eigenvalue weighted by atomic mass is 9.83. The molecule has 1 aromatic carbocycles. The molecule has 0 aliphatic carbocycles. The van der Waals surface area contributed by atoms with Gasteiger partial charge in [0, 0.05) is 19.2 Å². The Bertz CT molecular complexity index is 709. The minimum Gasteiger partial charge on any atom is -0.378 e. The summed E-state index contributed by atoms with van der Waals surface area (Å²) in [6.45, 7) is 9.17. The Hall–Kier alpha value is -2.27. The second kappa shape index (κ2) is 8.21. The number of carbonyl (C=O) groups is 1. The fourth-order valence-corrected chi connectivity index (χ4v) is 2.47. The van der Waals surface area contributed by atoms with E-state index < -0.39 is 5.41 Å². The van der Waals surface area contributed by atoms with Crippen molar-refractivity contribution in [1.82, 2.24) is 15.3 Å². The average Bonchev–Trinajstić information content (AvgIpc) is 2.60. The minimum atomic E-state index is -0.586. The first-order valence-electron chi connectivity index (χ1n) is 8.53. The molecule has 0 unspecified atom stereocenters. The largest absolute Gasteiger partial charge is 0.378 e. The zero-order chi connectivity index (χ0) is 18.4. The molecule has 0 saturated carbocycles. The Morgan fingerprint density at radius 2 is 1.88 bits per heavy atom. The molecule has 0 aliphatic rings. The Labute approximate surface area is 149 Å². The summed E-state index contributed by atoms with van der Waals surface area (Å²) in [6.07, 6.45) is 3.43. The van der Waals surface area contributed by atoms with Gasteiger partial charge in [-0.05, 0) is 25.3 Å². The van der Waals surface area contributed by atoms with Crippen LogP contribution in [0, 0.1) is 5.92 Å². The van der Waals surface area contributed by atoms with E-state index in [0.29, 0.717) is 19.1 Å². The predicted molar refractivity (Wildman–Crippen MR) is 99.1 cm³/mol. The van der Waals surface area contributed by atoms with E-state index in [1.165, 1.54) is 0 Å². The summed E-state index contributed by atoms with van der Waals surface area (Å²) in [7, 11) is 1.63. The highest BCUT2D eigenvalue weighted by Gasteiger charge is 2.29. The van der Waals surface area contributed by atoms with Gasteiger partial charge in [0.25, 0.3) is 0 Å². The van der Waals surface area contributed by atoms with Gasteiger partial charge in [0.2, 0.25) is 5.91 Å². The summed E-state index contributed by atoms with van der Waals surface area (Å²) >= 11 is 0. The fourth-order valence-electron chi connectivity index (χ4n) is 2.47. The SMILES string of the molecule is COCc1cncc(-c2ccc(C(C)(C)C(=O)NCC(C)C)cc2)n1. The molecule has 0 fully saturated rings. The molecule has 0 saturated heterocycles. The van der Waals surface area contributed by atoms with Crippen LogP contribution in [0.4, 0.5) is 0 Å². The normalized spacial score (nSPS) is 11.6. The second-order valence-corrected chi connectivity index (χ2v) is 7.13. The molecular formula is C20H27N3O2. The summed E-state index contributed by atoms with van der Waals surface area (Å²) < 4.78 is 5.10. The lowest BCUT2D eigenvalue weighted by molar-refractivity contribution is -0.125. The van der Waals surface area contributed by atoms with Gasteiger partial charge in [-0.15, -0.1) is 0 Å². The number of carbonyl (C=O) groups excluding carboxylic acids is 1. The monoisotopic (exact) mass is 341 g/mol. The van der Waals surface area contributed by atoms with Gasteiger partial charge < -0.3 is 10.1 Å². The first kappa shape index (κ1) is 19.1. The summed E-state index contributed by atoms with van der Waals surface area (Å²) in [5.41, 5.74) is 2.93. The van der Waals surface area contributed by atoms with Gasteiger partial charge in [-0.2, -0.15) is 0 Å². The van der Waals surface area contributed by atoms with Gasteiger partial charge in [-0.1, -0.05) is 38.1 Å². The van der Waals surface area contributed by atoms with Crippen LogP contribution in [0.5, 0.6) is 0 Å². The van der Waals surface area contributed by atoms with Gasteiger partial charge in [-0.3, -0.25) is 9.78 Å². The molecule has 25 heavy (non-hydrogen) atoms. The minimum absolute atomic E-state index is 0.0378. The third-order valence-corrected chi connectivity index (χ3v) is 4.12. The Balaban J connectivity index is 2.18. The molecule has 0 aliphatic heterocycles. The molecule has 0 spiro atoms. The van der Waals surface area contributed by atoms with E-state index in [1.807, 2.05) is 38.1 Å². The van der Waals surface area contributed by atoms with Crippen molar-refractivity contribution in [1.29, 1.82) is 0 Å². The molecule has 0 bridgehead atoms. The Kier molecular flexibility index (Phi) is 6.26. The van der Waals surface area contributed by atoms with Crippen molar-refractivity contribution < 1.29 is 9.53 Å². The van der Waals surface area contributed by atoms with Crippen LogP contribution in [0.25, 0.3) is 11.3 Å².